The van der Waals surface area contributed by atoms with Crippen LogP contribution in [0, 0.1) is 0 Å². The topological polar surface area (TPSA) is 21.3 Å². The SMILES string of the molecule is CCCCCCCC(NC)c1cccc2c1OCC2. The van der Waals surface area contributed by atoms with Gasteiger partial charge >= 0.3 is 0 Å². The summed E-state index contributed by atoms with van der Waals surface area (Å²) in [5.74, 6) is 1.15. The van der Waals surface area contributed by atoms with Gasteiger partial charge in [0.25, 0.3) is 0 Å². The molecule has 0 radical (unpaired) electrons. The maximum absolute atomic E-state index is 5.82. The molecule has 0 aromatic heterocycles. The normalized spacial score (nSPS) is 15.1. The summed E-state index contributed by atoms with van der Waals surface area (Å²) in [5.41, 5.74) is 2.73. The van der Waals surface area contributed by atoms with Gasteiger partial charge in [-0.05, 0) is 19.0 Å². The molecule has 0 fully saturated rings. The van der Waals surface area contributed by atoms with E-state index in [-0.39, 0.29) is 0 Å². The molecule has 0 saturated carbocycles. The van der Waals surface area contributed by atoms with Gasteiger partial charge in [-0.3, -0.25) is 0 Å². The van der Waals surface area contributed by atoms with E-state index in [0.29, 0.717) is 6.04 Å². The van der Waals surface area contributed by atoms with Crippen LogP contribution in [0.15, 0.2) is 18.2 Å². The lowest BCUT2D eigenvalue weighted by atomic mass is 9.97. The summed E-state index contributed by atoms with van der Waals surface area (Å²) in [5, 5.41) is 3.46. The Bertz CT molecular complexity index is 389. The van der Waals surface area contributed by atoms with Gasteiger partial charge < -0.3 is 10.1 Å². The van der Waals surface area contributed by atoms with Gasteiger partial charge in [0.1, 0.15) is 5.75 Å². The van der Waals surface area contributed by atoms with E-state index < -0.39 is 0 Å². The van der Waals surface area contributed by atoms with Crippen molar-refractivity contribution in [3.63, 3.8) is 0 Å². The molecule has 19 heavy (non-hydrogen) atoms. The first-order chi connectivity index (χ1) is 9.36. The monoisotopic (exact) mass is 261 g/mol. The van der Waals surface area contributed by atoms with Crippen molar-refractivity contribution in [2.24, 2.45) is 0 Å². The highest BCUT2D eigenvalue weighted by Crippen LogP contribution is 2.35. The molecule has 1 atom stereocenters. The zero-order chi connectivity index (χ0) is 13.5. The molecule has 0 saturated heterocycles. The first kappa shape index (κ1) is 14.4. The van der Waals surface area contributed by atoms with Crippen LogP contribution in [-0.4, -0.2) is 13.7 Å². The molecule has 0 amide bonds. The van der Waals surface area contributed by atoms with Crippen molar-refractivity contribution in [1.82, 2.24) is 5.32 Å². The second-order valence-corrected chi connectivity index (χ2v) is 5.48. The molecular weight excluding hydrogens is 234 g/mol. The molecule has 0 aliphatic carbocycles. The van der Waals surface area contributed by atoms with Gasteiger partial charge in [-0.2, -0.15) is 0 Å². The Kier molecular flexibility index (Phi) is 5.71. The third-order valence-corrected chi connectivity index (χ3v) is 4.07. The molecule has 1 heterocycles. The fourth-order valence-electron chi connectivity index (χ4n) is 2.92. The Balaban J connectivity index is 1.92. The van der Waals surface area contributed by atoms with E-state index in [9.17, 15) is 0 Å². The Hall–Kier alpha value is -1.02. The van der Waals surface area contributed by atoms with E-state index in [1.165, 1.54) is 49.7 Å². The summed E-state index contributed by atoms with van der Waals surface area (Å²) in [6.07, 6.45) is 8.98. The van der Waals surface area contributed by atoms with E-state index in [4.69, 9.17) is 4.74 Å². The zero-order valence-corrected chi connectivity index (χ0v) is 12.4. The van der Waals surface area contributed by atoms with Crippen LogP contribution in [0.5, 0.6) is 5.75 Å². The van der Waals surface area contributed by atoms with Crippen molar-refractivity contribution in [2.75, 3.05) is 13.7 Å². The maximum atomic E-state index is 5.82. The van der Waals surface area contributed by atoms with Crippen LogP contribution >= 0.6 is 0 Å². The summed E-state index contributed by atoms with van der Waals surface area (Å²) < 4.78 is 5.82. The van der Waals surface area contributed by atoms with Crippen molar-refractivity contribution >= 4 is 0 Å². The Morgan fingerprint density at radius 3 is 2.84 bits per heavy atom. The molecule has 1 aromatic carbocycles. The van der Waals surface area contributed by atoms with Crippen LogP contribution in [0.3, 0.4) is 0 Å². The number of hydrogen-bond donors (Lipinski definition) is 1. The summed E-state index contributed by atoms with van der Waals surface area (Å²) in [6, 6.07) is 7.02. The van der Waals surface area contributed by atoms with E-state index in [2.05, 4.69) is 37.5 Å². The second kappa shape index (κ2) is 7.54. The van der Waals surface area contributed by atoms with Crippen LogP contribution < -0.4 is 10.1 Å². The Morgan fingerprint density at radius 1 is 1.21 bits per heavy atom. The number of ether oxygens (including phenoxy) is 1. The van der Waals surface area contributed by atoms with Crippen LogP contribution in [0.25, 0.3) is 0 Å². The molecule has 0 spiro atoms. The number of para-hydroxylation sites is 1. The van der Waals surface area contributed by atoms with Crippen molar-refractivity contribution in [2.45, 2.75) is 57.9 Å². The van der Waals surface area contributed by atoms with Gasteiger partial charge in [0.2, 0.25) is 0 Å². The first-order valence-corrected chi connectivity index (χ1v) is 7.78. The van der Waals surface area contributed by atoms with Gasteiger partial charge in [0.05, 0.1) is 6.61 Å². The lowest BCUT2D eigenvalue weighted by Gasteiger charge is -2.19. The number of rotatable bonds is 8. The molecule has 2 nitrogen and oxygen atoms in total. The van der Waals surface area contributed by atoms with Crippen molar-refractivity contribution in [3.05, 3.63) is 29.3 Å². The van der Waals surface area contributed by atoms with E-state index >= 15 is 0 Å². The summed E-state index contributed by atoms with van der Waals surface area (Å²) in [6.45, 7) is 3.11. The molecule has 1 unspecified atom stereocenters. The smallest absolute Gasteiger partial charge is 0.127 e. The van der Waals surface area contributed by atoms with Crippen molar-refractivity contribution in [3.8, 4) is 5.75 Å². The molecule has 1 aliphatic rings. The lowest BCUT2D eigenvalue weighted by Crippen LogP contribution is -2.17. The van der Waals surface area contributed by atoms with Gasteiger partial charge in [0.15, 0.2) is 0 Å². The van der Waals surface area contributed by atoms with Crippen molar-refractivity contribution in [1.29, 1.82) is 0 Å². The average molecular weight is 261 g/mol. The molecule has 1 N–H and O–H groups in total. The number of nitrogens with one attached hydrogen (secondary N) is 1. The average Bonchev–Trinajstić information content (AvgIpc) is 2.91. The minimum Gasteiger partial charge on any atom is -0.493 e. The predicted octanol–water partition coefficient (Wildman–Crippen LogP) is 4.24. The fourth-order valence-corrected chi connectivity index (χ4v) is 2.92. The summed E-state index contributed by atoms with van der Waals surface area (Å²) in [7, 11) is 2.06. The van der Waals surface area contributed by atoms with E-state index in [1.807, 2.05) is 0 Å². The lowest BCUT2D eigenvalue weighted by molar-refractivity contribution is 0.347. The van der Waals surface area contributed by atoms with Crippen LogP contribution in [-0.2, 0) is 6.42 Å². The molecule has 0 bridgehead atoms. The highest BCUT2D eigenvalue weighted by molar-refractivity contribution is 5.45. The van der Waals surface area contributed by atoms with Crippen LogP contribution in [0.4, 0.5) is 0 Å². The number of fused-ring (bicyclic) bond motifs is 1. The third kappa shape index (κ3) is 3.73. The van der Waals surface area contributed by atoms with Crippen LogP contribution in [0.2, 0.25) is 0 Å². The van der Waals surface area contributed by atoms with Gasteiger partial charge in [0, 0.05) is 18.0 Å². The fraction of sp³-hybridized carbons (Fsp3) is 0.647. The summed E-state index contributed by atoms with van der Waals surface area (Å²) >= 11 is 0. The van der Waals surface area contributed by atoms with E-state index in [1.54, 1.807) is 0 Å². The minimum absolute atomic E-state index is 0.440. The number of hydrogen-bond acceptors (Lipinski definition) is 2. The van der Waals surface area contributed by atoms with Gasteiger partial charge in [-0.25, -0.2) is 0 Å². The van der Waals surface area contributed by atoms with Gasteiger partial charge in [-0.1, -0.05) is 57.2 Å². The van der Waals surface area contributed by atoms with Crippen LogP contribution in [0.1, 0.15) is 62.6 Å². The number of unbranched alkanes of at least 4 members (excludes halogenated alkanes) is 4. The molecule has 2 rings (SSSR count). The Morgan fingerprint density at radius 2 is 2.05 bits per heavy atom. The standard InChI is InChI=1S/C17H27NO/c1-3-4-5-6-7-11-16(18-2)15-10-8-9-14-12-13-19-17(14)15/h8-10,16,18H,3-7,11-13H2,1-2H3. The van der Waals surface area contributed by atoms with Gasteiger partial charge in [-0.15, -0.1) is 0 Å². The first-order valence-electron chi connectivity index (χ1n) is 7.78. The minimum atomic E-state index is 0.440. The molecule has 1 aromatic rings. The molecule has 2 heteroatoms. The largest absolute Gasteiger partial charge is 0.493 e. The molecule has 1 aliphatic heterocycles. The Labute approximate surface area is 117 Å². The molecular formula is C17H27NO. The summed E-state index contributed by atoms with van der Waals surface area (Å²) in [4.78, 5) is 0. The second-order valence-electron chi connectivity index (χ2n) is 5.48. The van der Waals surface area contributed by atoms with Crippen molar-refractivity contribution < 1.29 is 4.74 Å². The highest BCUT2D eigenvalue weighted by Gasteiger charge is 2.20. The quantitative estimate of drug-likeness (QED) is 0.707. The third-order valence-electron chi connectivity index (χ3n) is 4.07. The predicted molar refractivity (Wildman–Crippen MR) is 80.8 cm³/mol. The van der Waals surface area contributed by atoms with E-state index in [0.717, 1.165) is 18.8 Å². The zero-order valence-electron chi connectivity index (χ0n) is 12.4. The number of benzene rings is 1. The highest BCUT2D eigenvalue weighted by atomic mass is 16.5. The maximum Gasteiger partial charge on any atom is 0.127 e. The molecule has 106 valence electrons.